The molecule has 0 amide bonds. The Morgan fingerprint density at radius 2 is 2.18 bits per heavy atom. The van der Waals surface area contributed by atoms with E-state index < -0.39 is 0 Å². The molecule has 1 aromatic carbocycles. The second-order valence-corrected chi connectivity index (χ2v) is 5.91. The van der Waals surface area contributed by atoms with Gasteiger partial charge in [0.05, 0.1) is 0 Å². The Labute approximate surface area is 109 Å². The maximum absolute atomic E-state index is 5.85. The third-order valence-corrected chi connectivity index (χ3v) is 4.63. The summed E-state index contributed by atoms with van der Waals surface area (Å²) in [6.45, 7) is 4.02. The molecular weight excluding hydrogens is 228 g/mol. The van der Waals surface area contributed by atoms with E-state index in [0.717, 1.165) is 13.1 Å². The van der Waals surface area contributed by atoms with Gasteiger partial charge in [0.15, 0.2) is 0 Å². The number of nitrogens with zero attached hydrogens (tertiary/aromatic N) is 1. The molecule has 1 aromatic rings. The molecule has 1 aliphatic heterocycles. The van der Waals surface area contributed by atoms with Crippen molar-refractivity contribution in [3.8, 4) is 0 Å². The fourth-order valence-corrected chi connectivity index (χ4v) is 3.59. The summed E-state index contributed by atoms with van der Waals surface area (Å²) in [5.74, 6) is 2.56. The first kappa shape index (κ1) is 12.9. The zero-order valence-electron chi connectivity index (χ0n) is 10.5. The summed E-state index contributed by atoms with van der Waals surface area (Å²) in [6.07, 6.45) is 1.31. The van der Waals surface area contributed by atoms with Crippen molar-refractivity contribution in [2.45, 2.75) is 32.0 Å². The molecule has 0 saturated carbocycles. The predicted octanol–water partition coefficient (Wildman–Crippen LogP) is 2.34. The Hall–Kier alpha value is -0.510. The van der Waals surface area contributed by atoms with Gasteiger partial charge in [0.2, 0.25) is 0 Å². The minimum atomic E-state index is 0.471. The lowest BCUT2D eigenvalue weighted by Gasteiger charge is -2.33. The van der Waals surface area contributed by atoms with E-state index in [1.54, 1.807) is 0 Å². The molecule has 2 unspecified atom stereocenters. The van der Waals surface area contributed by atoms with Crippen LogP contribution in [0.5, 0.6) is 0 Å². The van der Waals surface area contributed by atoms with Crippen LogP contribution in [0.4, 0.5) is 0 Å². The molecule has 0 radical (unpaired) electrons. The molecule has 1 saturated heterocycles. The Kier molecular flexibility index (Phi) is 4.89. The van der Waals surface area contributed by atoms with Gasteiger partial charge in [-0.3, -0.25) is 4.90 Å². The summed E-state index contributed by atoms with van der Waals surface area (Å²) < 4.78 is 0. The molecule has 0 aromatic heterocycles. The Morgan fingerprint density at radius 1 is 1.41 bits per heavy atom. The minimum Gasteiger partial charge on any atom is -0.329 e. The molecular formula is C14H22N2S. The standard InChI is InChI=1S/C14H22N2S/c1-12(9-15)16(14-7-8-17-11-14)10-13-5-3-2-4-6-13/h2-6,12,14H,7-11,15H2,1H3. The van der Waals surface area contributed by atoms with Gasteiger partial charge in [-0.25, -0.2) is 0 Å². The molecule has 2 atom stereocenters. The van der Waals surface area contributed by atoms with Crippen molar-refractivity contribution in [3.05, 3.63) is 35.9 Å². The van der Waals surface area contributed by atoms with Crippen LogP contribution in [0.1, 0.15) is 18.9 Å². The second kappa shape index (κ2) is 6.43. The maximum atomic E-state index is 5.85. The van der Waals surface area contributed by atoms with Crippen LogP contribution in [-0.2, 0) is 6.54 Å². The molecule has 2 rings (SSSR count). The van der Waals surface area contributed by atoms with Crippen molar-refractivity contribution in [1.82, 2.24) is 4.90 Å². The summed E-state index contributed by atoms with van der Waals surface area (Å²) in [5.41, 5.74) is 7.24. The Morgan fingerprint density at radius 3 is 2.76 bits per heavy atom. The summed E-state index contributed by atoms with van der Waals surface area (Å²) in [7, 11) is 0. The van der Waals surface area contributed by atoms with Gasteiger partial charge in [0.1, 0.15) is 0 Å². The average Bonchev–Trinajstić information content (AvgIpc) is 2.90. The number of hydrogen-bond acceptors (Lipinski definition) is 3. The van der Waals surface area contributed by atoms with E-state index in [-0.39, 0.29) is 0 Å². The molecule has 2 nitrogen and oxygen atoms in total. The number of benzene rings is 1. The van der Waals surface area contributed by atoms with Gasteiger partial charge in [-0.1, -0.05) is 30.3 Å². The zero-order valence-corrected chi connectivity index (χ0v) is 11.3. The van der Waals surface area contributed by atoms with E-state index in [4.69, 9.17) is 5.73 Å². The fourth-order valence-electron chi connectivity index (χ4n) is 2.36. The molecule has 3 heteroatoms. The van der Waals surface area contributed by atoms with Crippen molar-refractivity contribution in [3.63, 3.8) is 0 Å². The normalized spacial score (nSPS) is 21.9. The lowest BCUT2D eigenvalue weighted by molar-refractivity contribution is 0.151. The molecule has 1 heterocycles. The zero-order chi connectivity index (χ0) is 12.1. The predicted molar refractivity (Wildman–Crippen MR) is 76.2 cm³/mol. The van der Waals surface area contributed by atoms with Crippen LogP contribution in [-0.4, -0.2) is 35.0 Å². The van der Waals surface area contributed by atoms with E-state index in [1.165, 1.54) is 23.5 Å². The van der Waals surface area contributed by atoms with Crippen LogP contribution < -0.4 is 5.73 Å². The molecule has 0 spiro atoms. The van der Waals surface area contributed by atoms with Crippen LogP contribution in [0.3, 0.4) is 0 Å². The third kappa shape index (κ3) is 3.47. The Bertz CT molecular complexity index is 322. The molecule has 17 heavy (non-hydrogen) atoms. The SMILES string of the molecule is CC(CN)N(Cc1ccccc1)C1CCSC1. The molecule has 1 fully saturated rings. The number of rotatable bonds is 5. The summed E-state index contributed by atoms with van der Waals surface area (Å²) in [6, 6.07) is 11.9. The average molecular weight is 250 g/mol. The van der Waals surface area contributed by atoms with Crippen molar-refractivity contribution >= 4 is 11.8 Å². The van der Waals surface area contributed by atoms with Crippen LogP contribution in [0.15, 0.2) is 30.3 Å². The first-order chi connectivity index (χ1) is 8.31. The highest BCUT2D eigenvalue weighted by atomic mass is 32.2. The highest BCUT2D eigenvalue weighted by molar-refractivity contribution is 7.99. The van der Waals surface area contributed by atoms with E-state index in [0.29, 0.717) is 12.1 Å². The molecule has 1 aliphatic rings. The largest absolute Gasteiger partial charge is 0.329 e. The van der Waals surface area contributed by atoms with Gasteiger partial charge in [-0.2, -0.15) is 11.8 Å². The highest BCUT2D eigenvalue weighted by Gasteiger charge is 2.26. The van der Waals surface area contributed by atoms with E-state index >= 15 is 0 Å². The van der Waals surface area contributed by atoms with Gasteiger partial charge in [0.25, 0.3) is 0 Å². The highest BCUT2D eigenvalue weighted by Crippen LogP contribution is 2.25. The molecule has 2 N–H and O–H groups in total. The van der Waals surface area contributed by atoms with Crippen molar-refractivity contribution in [2.75, 3.05) is 18.1 Å². The van der Waals surface area contributed by atoms with E-state index in [9.17, 15) is 0 Å². The van der Waals surface area contributed by atoms with Crippen LogP contribution in [0, 0.1) is 0 Å². The third-order valence-electron chi connectivity index (χ3n) is 3.49. The summed E-state index contributed by atoms with van der Waals surface area (Å²) in [5, 5.41) is 0. The van der Waals surface area contributed by atoms with Crippen LogP contribution >= 0.6 is 11.8 Å². The van der Waals surface area contributed by atoms with Crippen molar-refractivity contribution < 1.29 is 0 Å². The summed E-state index contributed by atoms with van der Waals surface area (Å²) in [4.78, 5) is 2.58. The lowest BCUT2D eigenvalue weighted by atomic mass is 10.1. The smallest absolute Gasteiger partial charge is 0.0240 e. The van der Waals surface area contributed by atoms with Gasteiger partial charge < -0.3 is 5.73 Å². The van der Waals surface area contributed by atoms with Gasteiger partial charge in [0, 0.05) is 30.9 Å². The molecule has 0 aliphatic carbocycles. The van der Waals surface area contributed by atoms with Crippen LogP contribution in [0.2, 0.25) is 0 Å². The van der Waals surface area contributed by atoms with Crippen molar-refractivity contribution in [2.24, 2.45) is 5.73 Å². The fraction of sp³-hybridized carbons (Fsp3) is 0.571. The van der Waals surface area contributed by atoms with Gasteiger partial charge in [-0.15, -0.1) is 0 Å². The second-order valence-electron chi connectivity index (χ2n) is 4.76. The summed E-state index contributed by atoms with van der Waals surface area (Å²) >= 11 is 2.07. The van der Waals surface area contributed by atoms with E-state index in [2.05, 4.69) is 53.9 Å². The quantitative estimate of drug-likeness (QED) is 0.870. The number of hydrogen-bond donors (Lipinski definition) is 1. The molecule has 94 valence electrons. The van der Waals surface area contributed by atoms with Crippen LogP contribution in [0.25, 0.3) is 0 Å². The molecule has 0 bridgehead atoms. The van der Waals surface area contributed by atoms with Crippen molar-refractivity contribution in [1.29, 1.82) is 0 Å². The number of nitrogens with two attached hydrogens (primary N) is 1. The van der Waals surface area contributed by atoms with Gasteiger partial charge in [-0.05, 0) is 24.7 Å². The van der Waals surface area contributed by atoms with Gasteiger partial charge >= 0.3 is 0 Å². The number of thioether (sulfide) groups is 1. The monoisotopic (exact) mass is 250 g/mol. The lowest BCUT2D eigenvalue weighted by Crippen LogP contribution is -2.44. The van der Waals surface area contributed by atoms with E-state index in [1.807, 2.05) is 0 Å². The maximum Gasteiger partial charge on any atom is 0.0240 e. The Balaban J connectivity index is 2.05. The first-order valence-corrected chi connectivity index (χ1v) is 7.54. The topological polar surface area (TPSA) is 29.3 Å². The first-order valence-electron chi connectivity index (χ1n) is 6.38. The minimum absolute atomic E-state index is 0.471.